The molecule has 0 spiro atoms. The molecular formula is C10H17NOS. The second kappa shape index (κ2) is 4.74. The monoisotopic (exact) mass is 199 g/mol. The normalized spacial score (nSPS) is 15.7. The lowest BCUT2D eigenvalue weighted by Gasteiger charge is -2.19. The van der Waals surface area contributed by atoms with Gasteiger partial charge < -0.3 is 10.5 Å². The molecule has 2 nitrogen and oxygen atoms in total. The minimum Gasteiger partial charge on any atom is -0.379 e. The zero-order chi connectivity index (χ0) is 9.84. The van der Waals surface area contributed by atoms with E-state index in [-0.39, 0.29) is 12.1 Å². The summed E-state index contributed by atoms with van der Waals surface area (Å²) in [6.07, 6.45) is 1.09. The maximum atomic E-state index is 6.06. The molecule has 0 aromatic carbocycles. The number of hydrogen-bond acceptors (Lipinski definition) is 3. The molecule has 0 amide bonds. The van der Waals surface area contributed by atoms with Crippen LogP contribution in [-0.4, -0.2) is 13.2 Å². The zero-order valence-corrected chi connectivity index (χ0v) is 9.23. The van der Waals surface area contributed by atoms with Crippen molar-refractivity contribution in [1.29, 1.82) is 0 Å². The molecule has 1 aromatic rings. The molecule has 0 aliphatic rings. The highest BCUT2D eigenvalue weighted by Gasteiger charge is 2.18. The van der Waals surface area contributed by atoms with Gasteiger partial charge in [-0.2, -0.15) is 0 Å². The molecule has 2 N–H and O–H groups in total. The van der Waals surface area contributed by atoms with E-state index in [9.17, 15) is 0 Å². The first-order chi connectivity index (χ1) is 6.19. The van der Waals surface area contributed by atoms with Gasteiger partial charge in [-0.05, 0) is 25.5 Å². The zero-order valence-electron chi connectivity index (χ0n) is 8.41. The van der Waals surface area contributed by atoms with Gasteiger partial charge in [0.1, 0.15) is 0 Å². The van der Waals surface area contributed by atoms with Gasteiger partial charge in [-0.1, -0.05) is 6.92 Å². The van der Waals surface area contributed by atoms with Crippen LogP contribution in [0.5, 0.6) is 0 Å². The Bertz CT molecular complexity index is 255. The van der Waals surface area contributed by atoms with E-state index in [1.165, 1.54) is 9.75 Å². The molecular weight excluding hydrogens is 182 g/mol. The second-order valence-electron chi connectivity index (χ2n) is 3.16. The molecule has 0 radical (unpaired) electrons. The smallest absolute Gasteiger partial charge is 0.0769 e. The minimum absolute atomic E-state index is 0.0219. The van der Waals surface area contributed by atoms with Crippen LogP contribution in [0.3, 0.4) is 0 Å². The Morgan fingerprint density at radius 3 is 2.62 bits per heavy atom. The molecule has 1 aromatic heterocycles. The Kier molecular flexibility index (Phi) is 3.90. The maximum absolute atomic E-state index is 6.06. The van der Waals surface area contributed by atoms with Crippen molar-refractivity contribution >= 4 is 11.3 Å². The van der Waals surface area contributed by atoms with E-state index in [2.05, 4.69) is 26.0 Å². The van der Waals surface area contributed by atoms with Crippen molar-refractivity contribution in [2.45, 2.75) is 32.4 Å². The van der Waals surface area contributed by atoms with Crippen LogP contribution in [0.1, 0.15) is 29.1 Å². The Labute approximate surface area is 83.7 Å². The fourth-order valence-electron chi connectivity index (χ4n) is 1.38. The van der Waals surface area contributed by atoms with Crippen molar-refractivity contribution in [2.24, 2.45) is 5.73 Å². The molecule has 3 heteroatoms. The highest BCUT2D eigenvalue weighted by Crippen LogP contribution is 2.25. The lowest BCUT2D eigenvalue weighted by molar-refractivity contribution is 0.0781. The highest BCUT2D eigenvalue weighted by atomic mass is 32.1. The second-order valence-corrected chi connectivity index (χ2v) is 4.48. The van der Waals surface area contributed by atoms with Crippen molar-refractivity contribution in [3.05, 3.63) is 21.9 Å². The number of nitrogens with two attached hydrogens (primary N) is 1. The number of hydrogen-bond donors (Lipinski definition) is 1. The summed E-state index contributed by atoms with van der Waals surface area (Å²) in [4.78, 5) is 2.52. The summed E-state index contributed by atoms with van der Waals surface area (Å²) < 4.78 is 5.31. The average molecular weight is 199 g/mol. The van der Waals surface area contributed by atoms with Crippen molar-refractivity contribution in [1.82, 2.24) is 0 Å². The third-order valence-electron chi connectivity index (χ3n) is 2.20. The van der Waals surface area contributed by atoms with Gasteiger partial charge in [-0.15, -0.1) is 11.3 Å². The van der Waals surface area contributed by atoms with E-state index in [1.807, 2.05) is 0 Å². The third-order valence-corrected chi connectivity index (χ3v) is 3.30. The number of aryl methyl sites for hydroxylation is 1. The standard InChI is InChI=1S/C10H17NOS/c1-4-8(12-3)10(11)9-6-5-7(2)13-9/h5-6,8,10H,4,11H2,1-3H3. The Hall–Kier alpha value is -0.380. The van der Waals surface area contributed by atoms with Crippen LogP contribution < -0.4 is 5.73 Å². The number of rotatable bonds is 4. The van der Waals surface area contributed by atoms with Gasteiger partial charge in [-0.3, -0.25) is 0 Å². The molecule has 13 heavy (non-hydrogen) atoms. The van der Waals surface area contributed by atoms with E-state index < -0.39 is 0 Å². The van der Waals surface area contributed by atoms with Crippen LogP contribution >= 0.6 is 11.3 Å². The highest BCUT2D eigenvalue weighted by molar-refractivity contribution is 7.12. The lowest BCUT2D eigenvalue weighted by atomic mass is 10.1. The fraction of sp³-hybridized carbons (Fsp3) is 0.600. The summed E-state index contributed by atoms with van der Waals surface area (Å²) in [6.45, 7) is 4.18. The summed E-state index contributed by atoms with van der Waals surface area (Å²) in [5.74, 6) is 0. The summed E-state index contributed by atoms with van der Waals surface area (Å²) >= 11 is 1.75. The third kappa shape index (κ3) is 2.53. The number of methoxy groups -OCH3 is 1. The van der Waals surface area contributed by atoms with Crippen molar-refractivity contribution in [2.75, 3.05) is 7.11 Å². The molecule has 0 saturated heterocycles. The maximum Gasteiger partial charge on any atom is 0.0769 e. The quantitative estimate of drug-likeness (QED) is 0.808. The summed E-state index contributed by atoms with van der Waals surface area (Å²) in [7, 11) is 1.72. The van der Waals surface area contributed by atoms with Crippen LogP contribution in [0, 0.1) is 6.92 Å². The Morgan fingerprint density at radius 1 is 1.54 bits per heavy atom. The molecule has 0 aliphatic carbocycles. The van der Waals surface area contributed by atoms with E-state index in [4.69, 9.17) is 10.5 Å². The molecule has 1 rings (SSSR count). The van der Waals surface area contributed by atoms with Crippen molar-refractivity contribution < 1.29 is 4.74 Å². The van der Waals surface area contributed by atoms with Crippen molar-refractivity contribution in [3.8, 4) is 0 Å². The molecule has 2 unspecified atom stereocenters. The summed E-state index contributed by atoms with van der Waals surface area (Å²) in [5.41, 5.74) is 6.06. The van der Waals surface area contributed by atoms with E-state index in [0.29, 0.717) is 0 Å². The van der Waals surface area contributed by atoms with Gasteiger partial charge in [0.25, 0.3) is 0 Å². The summed E-state index contributed by atoms with van der Waals surface area (Å²) in [6, 6.07) is 4.21. The molecule has 2 atom stereocenters. The summed E-state index contributed by atoms with van der Waals surface area (Å²) in [5, 5.41) is 0. The van der Waals surface area contributed by atoms with E-state index >= 15 is 0 Å². The molecule has 0 aliphatic heterocycles. The number of ether oxygens (including phenoxy) is 1. The van der Waals surface area contributed by atoms with Crippen LogP contribution in [0.15, 0.2) is 12.1 Å². The van der Waals surface area contributed by atoms with Gasteiger partial charge in [-0.25, -0.2) is 0 Å². The van der Waals surface area contributed by atoms with Gasteiger partial charge in [0.2, 0.25) is 0 Å². The van der Waals surface area contributed by atoms with Crippen LogP contribution in [0.4, 0.5) is 0 Å². The molecule has 0 bridgehead atoms. The van der Waals surface area contributed by atoms with Gasteiger partial charge in [0.05, 0.1) is 12.1 Å². The largest absolute Gasteiger partial charge is 0.379 e. The van der Waals surface area contributed by atoms with Crippen LogP contribution in [0.2, 0.25) is 0 Å². The van der Waals surface area contributed by atoms with E-state index in [0.717, 1.165) is 6.42 Å². The molecule has 0 fully saturated rings. The van der Waals surface area contributed by atoms with Crippen LogP contribution in [0.25, 0.3) is 0 Å². The van der Waals surface area contributed by atoms with Gasteiger partial charge in [0, 0.05) is 16.9 Å². The number of thiophene rings is 1. The Morgan fingerprint density at radius 2 is 2.23 bits per heavy atom. The lowest BCUT2D eigenvalue weighted by Crippen LogP contribution is -2.26. The average Bonchev–Trinajstić information content (AvgIpc) is 2.54. The first-order valence-corrected chi connectivity index (χ1v) is 5.35. The predicted octanol–water partition coefficient (Wildman–Crippen LogP) is 2.48. The van der Waals surface area contributed by atoms with Crippen molar-refractivity contribution in [3.63, 3.8) is 0 Å². The SMILES string of the molecule is CCC(OC)C(N)c1ccc(C)s1. The molecule has 1 heterocycles. The van der Waals surface area contributed by atoms with Crippen LogP contribution in [-0.2, 0) is 4.74 Å². The molecule has 0 saturated carbocycles. The minimum atomic E-state index is 0.0219. The topological polar surface area (TPSA) is 35.2 Å². The Balaban J connectivity index is 2.71. The first kappa shape index (κ1) is 10.7. The van der Waals surface area contributed by atoms with E-state index in [1.54, 1.807) is 18.4 Å². The fourth-order valence-corrected chi connectivity index (χ4v) is 2.31. The first-order valence-electron chi connectivity index (χ1n) is 4.53. The van der Waals surface area contributed by atoms with Gasteiger partial charge >= 0.3 is 0 Å². The predicted molar refractivity (Wildman–Crippen MR) is 57.1 cm³/mol. The molecule has 74 valence electrons. The van der Waals surface area contributed by atoms with Gasteiger partial charge in [0.15, 0.2) is 0 Å².